The van der Waals surface area contributed by atoms with Gasteiger partial charge in [-0.25, -0.2) is 4.79 Å². The van der Waals surface area contributed by atoms with Gasteiger partial charge >= 0.3 is 6.09 Å². The largest absolute Gasteiger partial charge is 0.465 e. The number of rotatable bonds is 0. The van der Waals surface area contributed by atoms with E-state index in [1.165, 1.54) is 4.90 Å². The first kappa shape index (κ1) is 8.34. The molecule has 0 aliphatic carbocycles. The summed E-state index contributed by atoms with van der Waals surface area (Å²) in [6, 6.07) is 0. The summed E-state index contributed by atoms with van der Waals surface area (Å²) in [7, 11) is 0. The number of fused-ring (bicyclic) bond motifs is 1. The molecule has 2 N–H and O–H groups in total. The van der Waals surface area contributed by atoms with E-state index in [0.29, 0.717) is 26.1 Å². The maximum Gasteiger partial charge on any atom is 0.407 e. The molecule has 13 heavy (non-hydrogen) atoms. The molecular formula is C8H12N2O3. The molecule has 0 bridgehead atoms. The molecular weight excluding hydrogens is 172 g/mol. The fourth-order valence-electron chi connectivity index (χ4n) is 2.12. The third-order valence-corrected chi connectivity index (χ3v) is 2.88. The minimum Gasteiger partial charge on any atom is -0.465 e. The maximum atomic E-state index is 11.2. The van der Waals surface area contributed by atoms with Crippen molar-refractivity contribution < 1.29 is 14.7 Å². The van der Waals surface area contributed by atoms with Crippen molar-refractivity contribution in [3.8, 4) is 0 Å². The van der Waals surface area contributed by atoms with E-state index in [1.807, 2.05) is 0 Å². The zero-order chi connectivity index (χ0) is 9.42. The second-order valence-electron chi connectivity index (χ2n) is 3.63. The van der Waals surface area contributed by atoms with E-state index in [-0.39, 0.29) is 17.7 Å². The number of nitrogens with zero attached hydrogens (tertiary/aromatic N) is 1. The van der Waals surface area contributed by atoms with Gasteiger partial charge in [0.15, 0.2) is 0 Å². The molecule has 0 spiro atoms. The summed E-state index contributed by atoms with van der Waals surface area (Å²) in [6.45, 7) is 1.62. The molecule has 2 atom stereocenters. The van der Waals surface area contributed by atoms with E-state index in [9.17, 15) is 9.59 Å². The predicted molar refractivity (Wildman–Crippen MR) is 44.2 cm³/mol. The number of carbonyl (C=O) groups is 2. The highest BCUT2D eigenvalue weighted by Gasteiger charge is 2.39. The Morgan fingerprint density at radius 1 is 1.62 bits per heavy atom. The number of piperidine rings is 1. The Labute approximate surface area is 75.7 Å². The molecule has 2 rings (SSSR count). The summed E-state index contributed by atoms with van der Waals surface area (Å²) < 4.78 is 0. The molecule has 72 valence electrons. The van der Waals surface area contributed by atoms with E-state index in [4.69, 9.17) is 5.11 Å². The standard InChI is InChI=1S/C8H12N2O3/c11-7-6-1-2-10(8(12)13)4-5(6)3-9-7/h5-6H,1-4H2,(H,9,11)(H,12,13). The Balaban J connectivity index is 2.03. The monoisotopic (exact) mass is 184 g/mol. The lowest BCUT2D eigenvalue weighted by atomic mass is 9.88. The van der Waals surface area contributed by atoms with Gasteiger partial charge in [-0.05, 0) is 6.42 Å². The van der Waals surface area contributed by atoms with E-state index >= 15 is 0 Å². The van der Waals surface area contributed by atoms with Gasteiger partial charge in [-0.15, -0.1) is 0 Å². The van der Waals surface area contributed by atoms with Crippen molar-refractivity contribution >= 4 is 12.0 Å². The Morgan fingerprint density at radius 2 is 2.38 bits per heavy atom. The zero-order valence-corrected chi connectivity index (χ0v) is 7.19. The molecule has 5 nitrogen and oxygen atoms in total. The van der Waals surface area contributed by atoms with Crippen molar-refractivity contribution in [2.45, 2.75) is 6.42 Å². The molecule has 2 heterocycles. The Bertz CT molecular complexity index is 254. The van der Waals surface area contributed by atoms with Gasteiger partial charge in [-0.1, -0.05) is 0 Å². The second kappa shape index (κ2) is 2.90. The van der Waals surface area contributed by atoms with Crippen LogP contribution in [0.1, 0.15) is 6.42 Å². The molecule has 2 unspecified atom stereocenters. The summed E-state index contributed by atoms with van der Waals surface area (Å²) in [5.41, 5.74) is 0. The van der Waals surface area contributed by atoms with Crippen molar-refractivity contribution in [1.29, 1.82) is 0 Å². The summed E-state index contributed by atoms with van der Waals surface area (Å²) in [6.07, 6.45) is -0.208. The first-order valence-electron chi connectivity index (χ1n) is 4.44. The van der Waals surface area contributed by atoms with Gasteiger partial charge in [0.1, 0.15) is 0 Å². The van der Waals surface area contributed by atoms with Gasteiger partial charge < -0.3 is 15.3 Å². The average molecular weight is 184 g/mol. The van der Waals surface area contributed by atoms with Crippen molar-refractivity contribution in [2.24, 2.45) is 11.8 Å². The highest BCUT2D eigenvalue weighted by molar-refractivity contribution is 5.81. The summed E-state index contributed by atoms with van der Waals surface area (Å²) in [5.74, 6) is 0.336. The van der Waals surface area contributed by atoms with Crippen molar-refractivity contribution in [3.63, 3.8) is 0 Å². The molecule has 2 aliphatic rings. The van der Waals surface area contributed by atoms with Gasteiger partial charge in [0.05, 0.1) is 0 Å². The molecule has 0 aromatic heterocycles. The smallest absolute Gasteiger partial charge is 0.407 e. The molecule has 0 aromatic carbocycles. The Hall–Kier alpha value is -1.26. The average Bonchev–Trinajstić information content (AvgIpc) is 2.47. The molecule has 2 fully saturated rings. The third-order valence-electron chi connectivity index (χ3n) is 2.88. The van der Waals surface area contributed by atoms with Crippen LogP contribution in [0, 0.1) is 11.8 Å². The van der Waals surface area contributed by atoms with Crippen LogP contribution in [-0.4, -0.2) is 41.6 Å². The van der Waals surface area contributed by atoms with E-state index in [1.54, 1.807) is 0 Å². The Kier molecular flexibility index (Phi) is 1.86. The number of amides is 2. The fraction of sp³-hybridized carbons (Fsp3) is 0.750. The third kappa shape index (κ3) is 1.34. The number of carbonyl (C=O) groups excluding carboxylic acids is 1. The van der Waals surface area contributed by atoms with Gasteiger partial charge in [0, 0.05) is 31.5 Å². The molecule has 0 aromatic rings. The lowest BCUT2D eigenvalue weighted by molar-refractivity contribution is -0.123. The number of nitrogens with one attached hydrogen (secondary N) is 1. The van der Waals surface area contributed by atoms with Crippen molar-refractivity contribution in [3.05, 3.63) is 0 Å². The summed E-state index contributed by atoms with van der Waals surface area (Å²) >= 11 is 0. The van der Waals surface area contributed by atoms with Crippen LogP contribution in [0.5, 0.6) is 0 Å². The van der Waals surface area contributed by atoms with Gasteiger partial charge in [-0.3, -0.25) is 4.79 Å². The maximum absolute atomic E-state index is 11.2. The van der Waals surface area contributed by atoms with Crippen LogP contribution in [0.4, 0.5) is 4.79 Å². The fourth-order valence-corrected chi connectivity index (χ4v) is 2.12. The molecule has 5 heteroatoms. The minimum absolute atomic E-state index is 0.0515. The SMILES string of the molecule is O=C1NCC2CN(C(=O)O)CCC12. The zero-order valence-electron chi connectivity index (χ0n) is 7.19. The first-order valence-corrected chi connectivity index (χ1v) is 4.44. The molecule has 2 amide bonds. The highest BCUT2D eigenvalue weighted by atomic mass is 16.4. The molecule has 0 radical (unpaired) electrons. The minimum atomic E-state index is -0.877. The number of likely N-dealkylation sites (tertiary alicyclic amines) is 1. The van der Waals surface area contributed by atoms with Crippen LogP contribution >= 0.6 is 0 Å². The van der Waals surface area contributed by atoms with Gasteiger partial charge in [0.25, 0.3) is 0 Å². The van der Waals surface area contributed by atoms with E-state index in [2.05, 4.69) is 5.32 Å². The number of carboxylic acid groups (broad SMARTS) is 1. The van der Waals surface area contributed by atoms with Crippen LogP contribution in [0.2, 0.25) is 0 Å². The molecule has 2 saturated heterocycles. The molecule has 0 saturated carbocycles. The molecule has 2 aliphatic heterocycles. The normalized spacial score (nSPS) is 32.6. The summed E-state index contributed by atoms with van der Waals surface area (Å²) in [4.78, 5) is 23.2. The predicted octanol–water partition coefficient (Wildman–Crippen LogP) is -0.268. The lowest BCUT2D eigenvalue weighted by Gasteiger charge is -2.31. The van der Waals surface area contributed by atoms with Crippen LogP contribution in [-0.2, 0) is 4.79 Å². The van der Waals surface area contributed by atoms with Gasteiger partial charge in [0.2, 0.25) is 5.91 Å². The second-order valence-corrected chi connectivity index (χ2v) is 3.63. The highest BCUT2D eigenvalue weighted by Crippen LogP contribution is 2.27. The topological polar surface area (TPSA) is 69.6 Å². The van der Waals surface area contributed by atoms with Crippen LogP contribution in [0.25, 0.3) is 0 Å². The van der Waals surface area contributed by atoms with Gasteiger partial charge in [-0.2, -0.15) is 0 Å². The van der Waals surface area contributed by atoms with E-state index < -0.39 is 6.09 Å². The van der Waals surface area contributed by atoms with E-state index in [0.717, 1.165) is 0 Å². The number of hydrogen-bond acceptors (Lipinski definition) is 2. The van der Waals surface area contributed by atoms with Crippen LogP contribution in [0.3, 0.4) is 0 Å². The van der Waals surface area contributed by atoms with Crippen LogP contribution in [0.15, 0.2) is 0 Å². The summed E-state index contributed by atoms with van der Waals surface area (Å²) in [5, 5.41) is 11.5. The van der Waals surface area contributed by atoms with Crippen molar-refractivity contribution in [1.82, 2.24) is 10.2 Å². The number of hydrogen-bond donors (Lipinski definition) is 2. The quantitative estimate of drug-likeness (QED) is 0.544. The lowest BCUT2D eigenvalue weighted by Crippen LogP contribution is -2.43. The Morgan fingerprint density at radius 3 is 3.08 bits per heavy atom. The van der Waals surface area contributed by atoms with Crippen LogP contribution < -0.4 is 5.32 Å². The first-order chi connectivity index (χ1) is 6.18. The van der Waals surface area contributed by atoms with Crippen molar-refractivity contribution in [2.75, 3.05) is 19.6 Å².